The minimum atomic E-state index is -0.207. The third-order valence-electron chi connectivity index (χ3n) is 5.61. The highest BCUT2D eigenvalue weighted by Crippen LogP contribution is 2.12. The van der Waals surface area contributed by atoms with Crippen molar-refractivity contribution in [2.24, 2.45) is 0 Å². The summed E-state index contributed by atoms with van der Waals surface area (Å²) in [5.74, 6) is 1.19. The quantitative estimate of drug-likeness (QED) is 0.577. The lowest BCUT2D eigenvalue weighted by Crippen LogP contribution is -2.40. The van der Waals surface area contributed by atoms with E-state index in [0.717, 1.165) is 24.4 Å². The number of nitrogens with one attached hydrogen (secondary N) is 1. The van der Waals surface area contributed by atoms with Gasteiger partial charge in [-0.05, 0) is 36.2 Å². The summed E-state index contributed by atoms with van der Waals surface area (Å²) in [6.07, 6.45) is 0.696. The second kappa shape index (κ2) is 10.4. The Kier molecular flexibility index (Phi) is 7.14. The molecule has 1 saturated heterocycles. The number of ether oxygens (including phenoxy) is 2. The lowest BCUT2D eigenvalue weighted by atomic mass is 10.1. The second-order valence-electron chi connectivity index (χ2n) is 7.77. The average molecular weight is 437 g/mol. The molecule has 2 heterocycles. The van der Waals surface area contributed by atoms with Crippen molar-refractivity contribution >= 4 is 16.8 Å². The Morgan fingerprint density at radius 1 is 1.12 bits per heavy atom. The number of hydrogen-bond donors (Lipinski definition) is 1. The van der Waals surface area contributed by atoms with E-state index in [1.807, 2.05) is 42.5 Å². The van der Waals surface area contributed by atoms with Crippen LogP contribution < -0.4 is 15.6 Å². The maximum atomic E-state index is 13.2. The van der Waals surface area contributed by atoms with E-state index in [4.69, 9.17) is 14.5 Å². The van der Waals surface area contributed by atoms with E-state index >= 15 is 0 Å². The van der Waals surface area contributed by atoms with Crippen LogP contribution in [0.4, 0.5) is 0 Å². The second-order valence-corrected chi connectivity index (χ2v) is 7.77. The molecule has 2 aromatic carbocycles. The van der Waals surface area contributed by atoms with Crippen LogP contribution in [0.15, 0.2) is 53.3 Å². The van der Waals surface area contributed by atoms with Gasteiger partial charge in [-0.3, -0.25) is 19.1 Å². The van der Waals surface area contributed by atoms with E-state index in [1.165, 1.54) is 4.57 Å². The first-order valence-electron chi connectivity index (χ1n) is 10.8. The maximum absolute atomic E-state index is 13.2. The first-order chi connectivity index (χ1) is 15.6. The Hall–Kier alpha value is -3.23. The number of aromatic nitrogens is 2. The van der Waals surface area contributed by atoms with Gasteiger partial charge in [-0.1, -0.05) is 24.3 Å². The van der Waals surface area contributed by atoms with Gasteiger partial charge in [-0.25, -0.2) is 4.98 Å². The molecule has 8 heteroatoms. The Balaban J connectivity index is 1.47. The maximum Gasteiger partial charge on any atom is 0.261 e. The molecular weight excluding hydrogens is 408 g/mol. The van der Waals surface area contributed by atoms with Crippen LogP contribution in [-0.2, 0) is 29.0 Å². The standard InChI is InChI=1S/C24H28N4O4/c1-31-19-8-6-18(7-9-19)10-11-25-23(29)17-28-22(16-27-12-14-32-15-13-27)26-21-5-3-2-4-20(21)24(28)30/h2-9H,10-17H2,1H3,(H,25,29). The summed E-state index contributed by atoms with van der Waals surface area (Å²) in [5.41, 5.74) is 1.56. The molecule has 0 atom stereocenters. The van der Waals surface area contributed by atoms with Crippen molar-refractivity contribution in [2.75, 3.05) is 40.0 Å². The van der Waals surface area contributed by atoms with Crippen molar-refractivity contribution in [1.82, 2.24) is 19.8 Å². The van der Waals surface area contributed by atoms with Crippen molar-refractivity contribution < 1.29 is 14.3 Å². The van der Waals surface area contributed by atoms with Gasteiger partial charge in [-0.15, -0.1) is 0 Å². The van der Waals surface area contributed by atoms with Crippen LogP contribution in [0.5, 0.6) is 5.75 Å². The highest BCUT2D eigenvalue weighted by atomic mass is 16.5. The Bertz CT molecular complexity index is 1120. The van der Waals surface area contributed by atoms with Crippen LogP contribution in [-0.4, -0.2) is 60.3 Å². The van der Waals surface area contributed by atoms with Gasteiger partial charge in [0.25, 0.3) is 5.56 Å². The van der Waals surface area contributed by atoms with Gasteiger partial charge in [0.15, 0.2) is 0 Å². The number of carbonyl (C=O) groups is 1. The average Bonchev–Trinajstić information content (AvgIpc) is 2.83. The summed E-state index contributed by atoms with van der Waals surface area (Å²) in [5, 5.41) is 3.44. The molecule has 0 saturated carbocycles. The number of amides is 1. The summed E-state index contributed by atoms with van der Waals surface area (Å²) < 4.78 is 12.1. The van der Waals surface area contributed by atoms with Crippen LogP contribution in [0.25, 0.3) is 10.9 Å². The normalized spacial score (nSPS) is 14.4. The number of methoxy groups -OCH3 is 1. The van der Waals surface area contributed by atoms with Crippen LogP contribution in [0.3, 0.4) is 0 Å². The summed E-state index contributed by atoms with van der Waals surface area (Å²) in [6, 6.07) is 15.0. The van der Waals surface area contributed by atoms with Crippen LogP contribution in [0.1, 0.15) is 11.4 Å². The zero-order chi connectivity index (χ0) is 22.3. The highest BCUT2D eigenvalue weighted by Gasteiger charge is 2.18. The first kappa shape index (κ1) is 22.0. The smallest absolute Gasteiger partial charge is 0.261 e. The SMILES string of the molecule is COc1ccc(CCNC(=O)Cn2c(CN3CCOCC3)nc3ccccc3c2=O)cc1. The fourth-order valence-electron chi connectivity index (χ4n) is 3.80. The van der Waals surface area contributed by atoms with E-state index in [0.29, 0.717) is 49.5 Å². The molecule has 1 amide bonds. The zero-order valence-electron chi connectivity index (χ0n) is 18.3. The van der Waals surface area contributed by atoms with Crippen molar-refractivity contribution in [3.05, 3.63) is 70.3 Å². The molecule has 3 aromatic rings. The Morgan fingerprint density at radius 3 is 2.62 bits per heavy atom. The summed E-state index contributed by atoms with van der Waals surface area (Å²) >= 11 is 0. The number of fused-ring (bicyclic) bond motifs is 1. The lowest BCUT2D eigenvalue weighted by molar-refractivity contribution is -0.121. The van der Waals surface area contributed by atoms with Crippen molar-refractivity contribution in [3.8, 4) is 5.75 Å². The monoisotopic (exact) mass is 436 g/mol. The van der Waals surface area contributed by atoms with Crippen molar-refractivity contribution in [2.45, 2.75) is 19.5 Å². The largest absolute Gasteiger partial charge is 0.497 e. The number of carbonyl (C=O) groups excluding carboxylic acids is 1. The molecule has 1 N–H and O–H groups in total. The highest BCUT2D eigenvalue weighted by molar-refractivity contribution is 5.79. The van der Waals surface area contributed by atoms with Gasteiger partial charge >= 0.3 is 0 Å². The predicted molar refractivity (Wildman–Crippen MR) is 122 cm³/mol. The van der Waals surface area contributed by atoms with Crippen LogP contribution >= 0.6 is 0 Å². The van der Waals surface area contributed by atoms with E-state index in [9.17, 15) is 9.59 Å². The van der Waals surface area contributed by atoms with Gasteiger partial charge in [0, 0.05) is 19.6 Å². The van der Waals surface area contributed by atoms with Gasteiger partial charge < -0.3 is 14.8 Å². The van der Waals surface area contributed by atoms with E-state index in [1.54, 1.807) is 13.2 Å². The molecule has 0 bridgehead atoms. The fourth-order valence-corrected chi connectivity index (χ4v) is 3.80. The van der Waals surface area contributed by atoms with E-state index < -0.39 is 0 Å². The summed E-state index contributed by atoms with van der Waals surface area (Å²) in [7, 11) is 1.63. The van der Waals surface area contributed by atoms with Crippen LogP contribution in [0.2, 0.25) is 0 Å². The molecule has 8 nitrogen and oxygen atoms in total. The first-order valence-corrected chi connectivity index (χ1v) is 10.8. The van der Waals surface area contributed by atoms with Gasteiger partial charge in [0.05, 0.1) is 37.8 Å². The summed E-state index contributed by atoms with van der Waals surface area (Å²) in [6.45, 7) is 3.79. The number of para-hydroxylation sites is 1. The number of rotatable bonds is 8. The lowest BCUT2D eigenvalue weighted by Gasteiger charge is -2.27. The molecule has 1 aliphatic heterocycles. The molecule has 1 aliphatic rings. The molecule has 0 aliphatic carbocycles. The molecule has 0 spiro atoms. The Labute approximate surface area is 186 Å². The van der Waals surface area contributed by atoms with Crippen molar-refractivity contribution in [3.63, 3.8) is 0 Å². The number of benzene rings is 2. The van der Waals surface area contributed by atoms with E-state index in [2.05, 4.69) is 10.2 Å². The van der Waals surface area contributed by atoms with Gasteiger partial charge in [0.2, 0.25) is 5.91 Å². The Morgan fingerprint density at radius 2 is 1.88 bits per heavy atom. The molecule has 1 aromatic heterocycles. The minimum absolute atomic E-state index is 0.0566. The van der Waals surface area contributed by atoms with Gasteiger partial charge in [-0.2, -0.15) is 0 Å². The number of nitrogens with zero attached hydrogens (tertiary/aromatic N) is 3. The fraction of sp³-hybridized carbons (Fsp3) is 0.375. The molecule has 32 heavy (non-hydrogen) atoms. The molecule has 0 radical (unpaired) electrons. The van der Waals surface area contributed by atoms with Crippen LogP contribution in [0, 0.1) is 0 Å². The third-order valence-corrected chi connectivity index (χ3v) is 5.61. The molecule has 1 fully saturated rings. The number of hydrogen-bond acceptors (Lipinski definition) is 6. The molecule has 168 valence electrons. The van der Waals surface area contributed by atoms with Crippen molar-refractivity contribution in [1.29, 1.82) is 0 Å². The third kappa shape index (κ3) is 5.33. The topological polar surface area (TPSA) is 85.7 Å². The van der Waals surface area contributed by atoms with Gasteiger partial charge in [0.1, 0.15) is 18.1 Å². The minimum Gasteiger partial charge on any atom is -0.497 e. The molecule has 0 unspecified atom stereocenters. The number of morpholine rings is 1. The predicted octanol–water partition coefficient (Wildman–Crippen LogP) is 1.60. The summed E-state index contributed by atoms with van der Waals surface area (Å²) in [4.78, 5) is 32.8. The molecular formula is C24H28N4O4. The zero-order valence-corrected chi connectivity index (χ0v) is 18.3. The molecule has 4 rings (SSSR count). The van der Waals surface area contributed by atoms with E-state index in [-0.39, 0.29) is 18.0 Å².